The minimum absolute atomic E-state index is 0.138. The van der Waals surface area contributed by atoms with Crippen molar-refractivity contribution in [3.63, 3.8) is 0 Å². The second kappa shape index (κ2) is 4.45. The van der Waals surface area contributed by atoms with Crippen LogP contribution in [0.4, 0.5) is 0 Å². The Kier molecular flexibility index (Phi) is 3.02. The molecule has 0 radical (unpaired) electrons. The number of Topliss-reactive ketones (excluding diaryl/α,β-unsaturated/α-hetero) is 1. The van der Waals surface area contributed by atoms with Crippen molar-refractivity contribution in [2.75, 3.05) is 0 Å². The molecule has 1 aromatic rings. The zero-order chi connectivity index (χ0) is 10.7. The summed E-state index contributed by atoms with van der Waals surface area (Å²) in [5.41, 5.74) is 0.691. The van der Waals surface area contributed by atoms with Gasteiger partial charge in [0.05, 0.1) is 0 Å². The first kappa shape index (κ1) is 10.2. The average molecular weight is 219 g/mol. The maximum atomic E-state index is 11.8. The van der Waals surface area contributed by atoms with Gasteiger partial charge in [0.25, 0.3) is 0 Å². The lowest BCUT2D eigenvalue weighted by molar-refractivity contribution is 0.0975. The van der Waals surface area contributed by atoms with Gasteiger partial charge in [-0.15, -0.1) is 0 Å². The van der Waals surface area contributed by atoms with E-state index >= 15 is 0 Å². The van der Waals surface area contributed by atoms with Crippen molar-refractivity contribution in [3.8, 4) is 0 Å². The van der Waals surface area contributed by atoms with Crippen LogP contribution in [-0.2, 0) is 0 Å². The highest BCUT2D eigenvalue weighted by atomic mass is 35.5. The molecule has 0 heterocycles. The van der Waals surface area contributed by atoms with E-state index in [0.717, 1.165) is 0 Å². The summed E-state index contributed by atoms with van der Waals surface area (Å²) in [6.45, 7) is 0. The number of carbonyl (C=O) groups is 1. The van der Waals surface area contributed by atoms with Crippen LogP contribution in [0.5, 0.6) is 0 Å². The summed E-state index contributed by atoms with van der Waals surface area (Å²) in [6, 6.07) is 7.09. The minimum atomic E-state index is 0.138. The Bertz CT molecular complexity index is 420. The van der Waals surface area contributed by atoms with Crippen LogP contribution in [0.2, 0.25) is 5.02 Å². The van der Waals surface area contributed by atoms with E-state index in [2.05, 4.69) is 0 Å². The van der Waals surface area contributed by atoms with Gasteiger partial charge >= 0.3 is 0 Å². The van der Waals surface area contributed by atoms with Gasteiger partial charge in [-0.1, -0.05) is 48.0 Å². The van der Waals surface area contributed by atoms with E-state index in [1.807, 2.05) is 24.3 Å². The van der Waals surface area contributed by atoms with Gasteiger partial charge in [-0.05, 0) is 12.1 Å². The Balaban J connectivity index is 2.07. The summed E-state index contributed by atoms with van der Waals surface area (Å²) in [5.74, 6) is 0.384. The van der Waals surface area contributed by atoms with Crippen molar-refractivity contribution in [2.45, 2.75) is 6.42 Å². The van der Waals surface area contributed by atoms with Gasteiger partial charge in [0, 0.05) is 22.9 Å². The molecule has 0 amide bonds. The first-order chi connectivity index (χ1) is 7.25. The second-order valence-electron chi connectivity index (χ2n) is 3.57. The van der Waals surface area contributed by atoms with E-state index in [1.54, 1.807) is 24.3 Å². The molecule has 1 aliphatic rings. The van der Waals surface area contributed by atoms with Crippen LogP contribution in [0.1, 0.15) is 16.8 Å². The molecule has 0 bridgehead atoms. The number of ketones is 1. The first-order valence-electron chi connectivity index (χ1n) is 4.89. The summed E-state index contributed by atoms with van der Waals surface area (Å²) < 4.78 is 0. The fourth-order valence-corrected chi connectivity index (χ4v) is 1.80. The van der Waals surface area contributed by atoms with Crippen molar-refractivity contribution in [1.29, 1.82) is 0 Å². The molecule has 2 rings (SSSR count). The van der Waals surface area contributed by atoms with E-state index in [-0.39, 0.29) is 11.7 Å². The fourth-order valence-electron chi connectivity index (χ4n) is 1.61. The van der Waals surface area contributed by atoms with Crippen LogP contribution in [0.3, 0.4) is 0 Å². The molecule has 1 aliphatic carbocycles. The Morgan fingerprint density at radius 2 is 2.00 bits per heavy atom. The number of halogens is 1. The number of benzene rings is 1. The zero-order valence-corrected chi connectivity index (χ0v) is 8.95. The molecule has 1 aromatic carbocycles. The number of allylic oxidation sites excluding steroid dienone is 4. The topological polar surface area (TPSA) is 17.1 Å². The van der Waals surface area contributed by atoms with E-state index in [9.17, 15) is 4.79 Å². The summed E-state index contributed by atoms with van der Waals surface area (Å²) in [6.07, 6.45) is 8.52. The third-order valence-electron chi connectivity index (χ3n) is 2.40. The lowest BCUT2D eigenvalue weighted by Gasteiger charge is -2.04. The highest BCUT2D eigenvalue weighted by Crippen LogP contribution is 2.18. The van der Waals surface area contributed by atoms with E-state index < -0.39 is 0 Å². The third kappa shape index (κ3) is 2.57. The standard InChI is InChI=1S/C13H11ClO/c14-12-7-3-6-11(9-12)13(15)8-10-4-1-2-5-10/h1-7,9-10H,8H2. The van der Waals surface area contributed by atoms with Crippen molar-refractivity contribution in [2.24, 2.45) is 5.92 Å². The molecular weight excluding hydrogens is 208 g/mol. The lowest BCUT2D eigenvalue weighted by Crippen LogP contribution is -2.04. The lowest BCUT2D eigenvalue weighted by atomic mass is 10.00. The van der Waals surface area contributed by atoms with Gasteiger partial charge in [0.1, 0.15) is 0 Å². The van der Waals surface area contributed by atoms with Crippen molar-refractivity contribution < 1.29 is 4.79 Å². The van der Waals surface area contributed by atoms with Gasteiger partial charge in [0.2, 0.25) is 0 Å². The molecule has 0 atom stereocenters. The van der Waals surface area contributed by atoms with Gasteiger partial charge in [-0.3, -0.25) is 4.79 Å². The Morgan fingerprint density at radius 1 is 1.27 bits per heavy atom. The fraction of sp³-hybridized carbons (Fsp3) is 0.154. The molecule has 0 fully saturated rings. The van der Waals surface area contributed by atoms with Crippen LogP contribution in [0, 0.1) is 5.92 Å². The molecule has 0 saturated heterocycles. The summed E-state index contributed by atoms with van der Waals surface area (Å²) in [4.78, 5) is 11.8. The molecule has 76 valence electrons. The smallest absolute Gasteiger partial charge is 0.163 e. The van der Waals surface area contributed by atoms with Gasteiger partial charge < -0.3 is 0 Å². The molecule has 2 heteroatoms. The monoisotopic (exact) mass is 218 g/mol. The molecular formula is C13H11ClO. The van der Waals surface area contributed by atoms with Crippen LogP contribution < -0.4 is 0 Å². The Labute approximate surface area is 94.1 Å². The van der Waals surface area contributed by atoms with E-state index in [0.29, 0.717) is 17.0 Å². The van der Waals surface area contributed by atoms with E-state index in [4.69, 9.17) is 11.6 Å². The number of hydrogen-bond donors (Lipinski definition) is 0. The molecule has 0 aliphatic heterocycles. The van der Waals surface area contributed by atoms with Crippen LogP contribution in [0.15, 0.2) is 48.6 Å². The Morgan fingerprint density at radius 3 is 2.67 bits per heavy atom. The van der Waals surface area contributed by atoms with Gasteiger partial charge in [-0.25, -0.2) is 0 Å². The number of carbonyl (C=O) groups excluding carboxylic acids is 1. The maximum Gasteiger partial charge on any atom is 0.163 e. The molecule has 15 heavy (non-hydrogen) atoms. The predicted octanol–water partition coefficient (Wildman–Crippen LogP) is 3.66. The third-order valence-corrected chi connectivity index (χ3v) is 2.63. The summed E-state index contributed by atoms with van der Waals surface area (Å²) in [5, 5.41) is 0.610. The van der Waals surface area contributed by atoms with Crippen molar-refractivity contribution in [1.82, 2.24) is 0 Å². The minimum Gasteiger partial charge on any atom is -0.294 e. The highest BCUT2D eigenvalue weighted by Gasteiger charge is 2.12. The molecule has 0 spiro atoms. The second-order valence-corrected chi connectivity index (χ2v) is 4.01. The average Bonchev–Trinajstić information content (AvgIpc) is 2.70. The number of rotatable bonds is 3. The predicted molar refractivity (Wildman–Crippen MR) is 62.2 cm³/mol. The maximum absolute atomic E-state index is 11.8. The highest BCUT2D eigenvalue weighted by molar-refractivity contribution is 6.31. The van der Waals surface area contributed by atoms with Crippen LogP contribution >= 0.6 is 11.6 Å². The number of hydrogen-bond acceptors (Lipinski definition) is 1. The SMILES string of the molecule is O=C(CC1C=CC=C1)c1cccc(Cl)c1. The molecule has 0 saturated carbocycles. The summed E-state index contributed by atoms with van der Waals surface area (Å²) in [7, 11) is 0. The van der Waals surface area contributed by atoms with Crippen LogP contribution in [0.25, 0.3) is 0 Å². The van der Waals surface area contributed by atoms with Crippen LogP contribution in [-0.4, -0.2) is 5.78 Å². The quantitative estimate of drug-likeness (QED) is 0.708. The normalized spacial score (nSPS) is 14.7. The van der Waals surface area contributed by atoms with Gasteiger partial charge in [-0.2, -0.15) is 0 Å². The molecule has 1 nitrogen and oxygen atoms in total. The zero-order valence-electron chi connectivity index (χ0n) is 8.19. The van der Waals surface area contributed by atoms with Gasteiger partial charge in [0.15, 0.2) is 5.78 Å². The molecule has 0 unspecified atom stereocenters. The summed E-state index contributed by atoms with van der Waals surface area (Å²) >= 11 is 5.83. The van der Waals surface area contributed by atoms with E-state index in [1.165, 1.54) is 0 Å². The van der Waals surface area contributed by atoms with Crippen molar-refractivity contribution in [3.05, 3.63) is 59.2 Å². The Hall–Kier alpha value is -1.34. The molecule has 0 aromatic heterocycles. The van der Waals surface area contributed by atoms with Crippen molar-refractivity contribution >= 4 is 17.4 Å². The largest absolute Gasteiger partial charge is 0.294 e. The molecule has 0 N–H and O–H groups in total. The first-order valence-corrected chi connectivity index (χ1v) is 5.27.